The highest BCUT2D eigenvalue weighted by atomic mass is 32.2. The lowest BCUT2D eigenvalue weighted by atomic mass is 9.97. The molecule has 1 unspecified atom stereocenters. The maximum atomic E-state index is 11.3. The molecule has 0 saturated carbocycles. The van der Waals surface area contributed by atoms with Crippen LogP contribution in [0.25, 0.3) is 0 Å². The van der Waals surface area contributed by atoms with E-state index in [0.29, 0.717) is 17.8 Å². The fourth-order valence-electron chi connectivity index (χ4n) is 3.86. The summed E-state index contributed by atoms with van der Waals surface area (Å²) in [6.45, 7) is 2.44. The number of amidine groups is 1. The van der Waals surface area contributed by atoms with Gasteiger partial charge in [-0.2, -0.15) is 8.42 Å². The number of anilines is 5. The smallest absolute Gasteiger partial charge is 0.270 e. The van der Waals surface area contributed by atoms with E-state index in [-0.39, 0.29) is 5.84 Å². The second-order valence-electron chi connectivity index (χ2n) is 7.59. The van der Waals surface area contributed by atoms with Crippen LogP contribution >= 0.6 is 0 Å². The Morgan fingerprint density at radius 2 is 1.75 bits per heavy atom. The van der Waals surface area contributed by atoms with Crippen molar-refractivity contribution in [3.05, 3.63) is 41.0 Å². The van der Waals surface area contributed by atoms with Gasteiger partial charge in [0.25, 0.3) is 10.1 Å². The van der Waals surface area contributed by atoms with E-state index in [4.69, 9.17) is 11.5 Å². The maximum Gasteiger partial charge on any atom is 0.270 e. The van der Waals surface area contributed by atoms with Crippen molar-refractivity contribution in [3.8, 4) is 0 Å². The molecule has 2 aromatic carbocycles. The molecule has 12 heteroatoms. The van der Waals surface area contributed by atoms with Gasteiger partial charge in [0, 0.05) is 44.6 Å². The molecular formula is C20H30N8O3S. The van der Waals surface area contributed by atoms with Gasteiger partial charge in [0.1, 0.15) is 11.6 Å². The topological polar surface area (TPSA) is 179 Å². The molecule has 0 amide bonds. The van der Waals surface area contributed by atoms with Crippen molar-refractivity contribution in [2.75, 3.05) is 53.5 Å². The number of fused-ring (bicyclic) bond motifs is 1. The lowest BCUT2D eigenvalue weighted by Gasteiger charge is -2.33. The summed E-state index contributed by atoms with van der Waals surface area (Å²) in [5.41, 5.74) is 19.0. The SMILES string of the molecule is CNc1cc(NCc2ccc3c(c2C)C(N)=NC(N)(CS(=O)(=O)O)N3)cc(NC)c1NC. The third-order valence-electron chi connectivity index (χ3n) is 5.32. The maximum absolute atomic E-state index is 11.3. The van der Waals surface area contributed by atoms with E-state index in [0.717, 1.165) is 33.9 Å². The summed E-state index contributed by atoms with van der Waals surface area (Å²) in [4.78, 5) is 4.10. The van der Waals surface area contributed by atoms with Gasteiger partial charge in [-0.3, -0.25) is 10.3 Å². The van der Waals surface area contributed by atoms with E-state index in [1.807, 2.05) is 46.3 Å². The summed E-state index contributed by atoms with van der Waals surface area (Å²) in [5, 5.41) is 15.9. The number of hydrogen-bond donors (Lipinski definition) is 8. The first-order valence-corrected chi connectivity index (χ1v) is 11.6. The second kappa shape index (κ2) is 8.73. The van der Waals surface area contributed by atoms with Crippen LogP contribution < -0.4 is 38.1 Å². The van der Waals surface area contributed by atoms with Gasteiger partial charge in [-0.1, -0.05) is 6.07 Å². The quantitative estimate of drug-likeness (QED) is 0.267. The summed E-state index contributed by atoms with van der Waals surface area (Å²) in [5.74, 6) is -2.43. The molecule has 0 saturated heterocycles. The third kappa shape index (κ3) is 4.82. The van der Waals surface area contributed by atoms with Crippen LogP contribution in [0.2, 0.25) is 0 Å². The number of rotatable bonds is 8. The van der Waals surface area contributed by atoms with Crippen LogP contribution in [0.1, 0.15) is 16.7 Å². The normalized spacial score (nSPS) is 17.6. The van der Waals surface area contributed by atoms with Crippen molar-refractivity contribution >= 4 is 44.4 Å². The van der Waals surface area contributed by atoms with Gasteiger partial charge in [0.2, 0.25) is 5.79 Å². The second-order valence-corrected chi connectivity index (χ2v) is 9.05. The van der Waals surface area contributed by atoms with Crippen molar-refractivity contribution in [1.82, 2.24) is 0 Å². The van der Waals surface area contributed by atoms with Gasteiger partial charge in [0.05, 0.1) is 17.1 Å². The van der Waals surface area contributed by atoms with Crippen LogP contribution in [0.15, 0.2) is 29.3 Å². The summed E-state index contributed by atoms with van der Waals surface area (Å²) >= 11 is 0. The highest BCUT2D eigenvalue weighted by Gasteiger charge is 2.35. The minimum absolute atomic E-state index is 0.109. The number of benzene rings is 2. The lowest BCUT2D eigenvalue weighted by Crippen LogP contribution is -2.55. The average molecular weight is 463 g/mol. The van der Waals surface area contributed by atoms with Crippen LogP contribution in [-0.2, 0) is 16.7 Å². The Hall–Kier alpha value is -3.22. The Kier molecular flexibility index (Phi) is 6.39. The molecule has 0 spiro atoms. The predicted molar refractivity (Wildman–Crippen MR) is 131 cm³/mol. The van der Waals surface area contributed by atoms with E-state index in [1.54, 1.807) is 6.07 Å². The summed E-state index contributed by atoms with van der Waals surface area (Å²) in [7, 11) is 1.24. The van der Waals surface area contributed by atoms with Gasteiger partial charge in [-0.25, -0.2) is 4.99 Å². The van der Waals surface area contributed by atoms with Crippen molar-refractivity contribution in [1.29, 1.82) is 0 Å². The lowest BCUT2D eigenvalue weighted by molar-refractivity contribution is 0.457. The van der Waals surface area contributed by atoms with Gasteiger partial charge < -0.3 is 32.3 Å². The Labute approximate surface area is 187 Å². The summed E-state index contributed by atoms with van der Waals surface area (Å²) < 4.78 is 31.8. The first-order valence-electron chi connectivity index (χ1n) is 9.96. The molecule has 0 radical (unpaired) electrons. The zero-order valence-electron chi connectivity index (χ0n) is 18.5. The largest absolute Gasteiger partial charge is 0.386 e. The zero-order chi connectivity index (χ0) is 23.7. The van der Waals surface area contributed by atoms with Crippen LogP contribution in [0, 0.1) is 6.92 Å². The minimum atomic E-state index is -4.36. The molecular weight excluding hydrogens is 432 g/mol. The Morgan fingerprint density at radius 3 is 2.28 bits per heavy atom. The Bertz CT molecular complexity index is 1140. The Balaban J connectivity index is 1.88. The van der Waals surface area contributed by atoms with Gasteiger partial charge >= 0.3 is 0 Å². The molecule has 10 N–H and O–H groups in total. The molecule has 2 aromatic rings. The molecule has 0 aromatic heterocycles. The molecule has 1 aliphatic rings. The van der Waals surface area contributed by atoms with Crippen LogP contribution in [0.3, 0.4) is 0 Å². The fourth-order valence-corrected chi connectivity index (χ4v) is 4.56. The number of nitrogens with one attached hydrogen (secondary N) is 5. The van der Waals surface area contributed by atoms with Gasteiger partial charge in [-0.15, -0.1) is 0 Å². The molecule has 1 aliphatic heterocycles. The average Bonchev–Trinajstić information content (AvgIpc) is 2.70. The highest BCUT2D eigenvalue weighted by Crippen LogP contribution is 2.35. The van der Waals surface area contributed by atoms with E-state index < -0.39 is 21.7 Å². The molecule has 1 heterocycles. The van der Waals surface area contributed by atoms with Crippen LogP contribution in [-0.4, -0.2) is 51.5 Å². The molecule has 0 aliphatic carbocycles. The Morgan fingerprint density at radius 1 is 1.12 bits per heavy atom. The van der Waals surface area contributed by atoms with E-state index >= 15 is 0 Å². The van der Waals surface area contributed by atoms with Crippen LogP contribution in [0.5, 0.6) is 0 Å². The predicted octanol–water partition coefficient (Wildman–Crippen LogP) is 1.36. The van der Waals surface area contributed by atoms with E-state index in [9.17, 15) is 13.0 Å². The van der Waals surface area contributed by atoms with Crippen LogP contribution in [0.4, 0.5) is 28.4 Å². The fraction of sp³-hybridized carbons (Fsp3) is 0.350. The number of aliphatic imine (C=N–C) groups is 1. The first-order chi connectivity index (χ1) is 15.0. The molecule has 1 atom stereocenters. The number of hydrogen-bond acceptors (Lipinski definition) is 10. The molecule has 3 rings (SSSR count). The third-order valence-corrected chi connectivity index (χ3v) is 6.12. The zero-order valence-corrected chi connectivity index (χ0v) is 19.3. The van der Waals surface area contributed by atoms with Crippen molar-refractivity contribution in [3.63, 3.8) is 0 Å². The standard InChI is InChI=1S/C20H30N8O3S/c1-11-12(9-26-13-7-15(23-2)18(25-4)16(8-13)24-3)5-6-14-17(11)19(21)28-20(22,27-14)10-32(29,30)31/h5-8,23-27H,9-10,22H2,1-4H3,(H2,21,28)(H,29,30,31). The van der Waals surface area contributed by atoms with Crippen molar-refractivity contribution in [2.45, 2.75) is 19.3 Å². The van der Waals surface area contributed by atoms with Crippen molar-refractivity contribution < 1.29 is 13.0 Å². The monoisotopic (exact) mass is 462 g/mol. The molecule has 174 valence electrons. The number of nitrogens with zero attached hydrogens (tertiary/aromatic N) is 1. The highest BCUT2D eigenvalue weighted by molar-refractivity contribution is 7.85. The first kappa shape index (κ1) is 23.4. The molecule has 32 heavy (non-hydrogen) atoms. The van der Waals surface area contributed by atoms with Gasteiger partial charge in [0.15, 0.2) is 0 Å². The summed E-state index contributed by atoms with van der Waals surface area (Å²) in [6.07, 6.45) is 0. The molecule has 0 bridgehead atoms. The molecule has 0 fully saturated rings. The van der Waals surface area contributed by atoms with Gasteiger partial charge in [-0.05, 0) is 36.2 Å². The van der Waals surface area contributed by atoms with E-state index in [1.165, 1.54) is 0 Å². The molecule has 11 nitrogen and oxygen atoms in total. The van der Waals surface area contributed by atoms with Crippen molar-refractivity contribution in [2.24, 2.45) is 16.5 Å². The summed E-state index contributed by atoms with van der Waals surface area (Å²) in [6, 6.07) is 7.70. The van der Waals surface area contributed by atoms with E-state index in [2.05, 4.69) is 31.6 Å². The number of nitrogens with two attached hydrogens (primary N) is 2. The minimum Gasteiger partial charge on any atom is -0.386 e.